The van der Waals surface area contributed by atoms with Gasteiger partial charge in [-0.2, -0.15) is 0 Å². The second kappa shape index (κ2) is 5.94. The van der Waals surface area contributed by atoms with Crippen molar-refractivity contribution >= 4 is 38.7 Å². The molecule has 0 spiro atoms. The Hall–Kier alpha value is -2.22. The number of nitrogens with zero attached hydrogens (tertiary/aromatic N) is 4. The summed E-state index contributed by atoms with van der Waals surface area (Å²) in [5.74, 6) is 0.977. The van der Waals surface area contributed by atoms with Gasteiger partial charge in [-0.1, -0.05) is 41.7 Å². The summed E-state index contributed by atoms with van der Waals surface area (Å²) in [6, 6.07) is 16.5. The highest BCUT2D eigenvalue weighted by Crippen LogP contribution is 2.26. The van der Waals surface area contributed by atoms with Gasteiger partial charge in [-0.05, 0) is 30.4 Å². The van der Waals surface area contributed by atoms with E-state index < -0.39 is 0 Å². The van der Waals surface area contributed by atoms with Crippen LogP contribution in [0.25, 0.3) is 15.2 Å². The van der Waals surface area contributed by atoms with E-state index >= 15 is 0 Å². The Morgan fingerprint density at radius 1 is 1.12 bits per heavy atom. The zero-order valence-electron chi connectivity index (χ0n) is 13.5. The highest BCUT2D eigenvalue weighted by atomic mass is 32.1. The summed E-state index contributed by atoms with van der Waals surface area (Å²) in [4.78, 5) is 3.26. The van der Waals surface area contributed by atoms with Gasteiger partial charge in [0.25, 0.3) is 0 Å². The van der Waals surface area contributed by atoms with Gasteiger partial charge in [-0.3, -0.25) is 9.30 Å². The van der Waals surface area contributed by atoms with Crippen molar-refractivity contribution in [2.24, 2.45) is 0 Å². The molecule has 25 heavy (non-hydrogen) atoms. The molecule has 1 aliphatic heterocycles. The van der Waals surface area contributed by atoms with Crippen molar-refractivity contribution in [2.75, 3.05) is 13.2 Å². The molecule has 3 heterocycles. The van der Waals surface area contributed by atoms with Gasteiger partial charge in [0.05, 0.1) is 16.9 Å². The summed E-state index contributed by atoms with van der Waals surface area (Å²) < 4.78 is 11.8. The highest BCUT2D eigenvalue weighted by molar-refractivity contribution is 7.71. The zero-order chi connectivity index (χ0) is 16.8. The number of fused-ring (bicyclic) bond motifs is 4. The van der Waals surface area contributed by atoms with Crippen LogP contribution in [-0.2, 0) is 13.2 Å². The van der Waals surface area contributed by atoms with Crippen LogP contribution >= 0.6 is 23.6 Å². The SMILES string of the molecule is S=c1n(CN2CCOc3ccccc3C2)nc2sc3ccccc3n12. The minimum absolute atomic E-state index is 0.666. The van der Waals surface area contributed by atoms with Crippen molar-refractivity contribution in [2.45, 2.75) is 13.2 Å². The third-order valence-electron chi connectivity index (χ3n) is 4.48. The second-order valence-corrected chi connectivity index (χ2v) is 7.49. The van der Waals surface area contributed by atoms with E-state index in [4.69, 9.17) is 22.1 Å². The van der Waals surface area contributed by atoms with Crippen LogP contribution in [0.1, 0.15) is 5.56 Å². The van der Waals surface area contributed by atoms with Crippen molar-refractivity contribution < 1.29 is 4.74 Å². The van der Waals surface area contributed by atoms with Gasteiger partial charge in [-0.25, -0.2) is 4.68 Å². The van der Waals surface area contributed by atoms with Gasteiger partial charge in [0.15, 0.2) is 0 Å². The third-order valence-corrected chi connectivity index (χ3v) is 5.89. The molecule has 0 fully saturated rings. The fourth-order valence-electron chi connectivity index (χ4n) is 3.27. The average molecular weight is 368 g/mol. The lowest BCUT2D eigenvalue weighted by atomic mass is 10.2. The van der Waals surface area contributed by atoms with Gasteiger partial charge in [0.1, 0.15) is 12.4 Å². The van der Waals surface area contributed by atoms with Gasteiger partial charge in [0.2, 0.25) is 9.73 Å². The molecule has 0 atom stereocenters. The highest BCUT2D eigenvalue weighted by Gasteiger charge is 2.17. The van der Waals surface area contributed by atoms with Gasteiger partial charge < -0.3 is 4.74 Å². The van der Waals surface area contributed by atoms with Crippen LogP contribution in [0.2, 0.25) is 0 Å². The molecule has 0 unspecified atom stereocenters. The Labute approximate surface area is 153 Å². The number of hydrogen-bond acceptors (Lipinski definition) is 5. The fourth-order valence-corrected chi connectivity index (χ4v) is 4.63. The quantitative estimate of drug-likeness (QED) is 0.502. The average Bonchev–Trinajstić information content (AvgIpc) is 3.04. The van der Waals surface area contributed by atoms with Crippen molar-refractivity contribution in [1.82, 2.24) is 19.1 Å². The van der Waals surface area contributed by atoms with Crippen LogP contribution in [-0.4, -0.2) is 32.2 Å². The first-order valence-corrected chi connectivity index (χ1v) is 9.42. The first kappa shape index (κ1) is 15.1. The van der Waals surface area contributed by atoms with Crippen LogP contribution in [0.5, 0.6) is 5.75 Å². The number of para-hydroxylation sites is 2. The maximum atomic E-state index is 5.85. The molecule has 2 aromatic carbocycles. The summed E-state index contributed by atoms with van der Waals surface area (Å²) >= 11 is 7.37. The fraction of sp³-hybridized carbons (Fsp3) is 0.222. The predicted molar refractivity (Wildman–Crippen MR) is 102 cm³/mol. The molecule has 0 amide bonds. The van der Waals surface area contributed by atoms with E-state index in [1.54, 1.807) is 11.3 Å². The van der Waals surface area contributed by atoms with E-state index in [1.807, 2.05) is 28.9 Å². The van der Waals surface area contributed by atoms with E-state index in [1.165, 1.54) is 10.3 Å². The molecule has 7 heteroatoms. The molecule has 126 valence electrons. The van der Waals surface area contributed by atoms with E-state index in [2.05, 4.69) is 33.6 Å². The van der Waals surface area contributed by atoms with Crippen molar-refractivity contribution in [3.8, 4) is 5.75 Å². The number of ether oxygens (including phenoxy) is 1. The van der Waals surface area contributed by atoms with Crippen molar-refractivity contribution in [1.29, 1.82) is 0 Å². The Bertz CT molecular complexity index is 1130. The molecule has 5 nitrogen and oxygen atoms in total. The van der Waals surface area contributed by atoms with Crippen LogP contribution in [0.3, 0.4) is 0 Å². The second-order valence-electron chi connectivity index (χ2n) is 6.12. The van der Waals surface area contributed by atoms with Crippen LogP contribution in [0.4, 0.5) is 0 Å². The lowest BCUT2D eigenvalue weighted by Gasteiger charge is -2.18. The molecule has 0 saturated carbocycles. The van der Waals surface area contributed by atoms with E-state index in [0.717, 1.165) is 34.1 Å². The first-order valence-electron chi connectivity index (χ1n) is 8.20. The topological polar surface area (TPSA) is 34.7 Å². The summed E-state index contributed by atoms with van der Waals surface area (Å²) in [6.07, 6.45) is 0. The standard InChI is InChI=1S/C18H16N4OS2/c24-18-21(19-17-22(18)14-6-2-4-8-16(14)25-17)12-20-9-10-23-15-7-3-1-5-13(15)11-20/h1-8H,9-12H2. The molecule has 1 aliphatic rings. The molecule has 0 radical (unpaired) electrons. The van der Waals surface area contributed by atoms with E-state index in [0.29, 0.717) is 13.3 Å². The number of hydrogen-bond donors (Lipinski definition) is 0. The van der Waals surface area contributed by atoms with Crippen molar-refractivity contribution in [3.63, 3.8) is 0 Å². The summed E-state index contributed by atoms with van der Waals surface area (Å²) in [7, 11) is 0. The Kier molecular flexibility index (Phi) is 3.58. The molecule has 2 aromatic heterocycles. The maximum absolute atomic E-state index is 5.85. The Morgan fingerprint density at radius 3 is 2.92 bits per heavy atom. The number of aromatic nitrogens is 3. The lowest BCUT2D eigenvalue weighted by Crippen LogP contribution is -2.28. The monoisotopic (exact) mass is 368 g/mol. The molecule has 0 saturated heterocycles. The molecule has 4 aromatic rings. The van der Waals surface area contributed by atoms with Crippen molar-refractivity contribution in [3.05, 3.63) is 58.9 Å². The Balaban J connectivity index is 1.50. The number of rotatable bonds is 2. The number of thiazole rings is 1. The molecule has 0 aliphatic carbocycles. The van der Waals surface area contributed by atoms with Crippen LogP contribution in [0.15, 0.2) is 48.5 Å². The molecular formula is C18H16N4OS2. The summed E-state index contributed by atoms with van der Waals surface area (Å²) in [5.41, 5.74) is 2.33. The molecule has 0 bridgehead atoms. The smallest absolute Gasteiger partial charge is 0.216 e. The van der Waals surface area contributed by atoms with Crippen LogP contribution < -0.4 is 4.74 Å². The van der Waals surface area contributed by atoms with E-state index in [9.17, 15) is 0 Å². The molecular weight excluding hydrogens is 352 g/mol. The normalized spacial score (nSPS) is 15.2. The zero-order valence-corrected chi connectivity index (χ0v) is 15.1. The summed E-state index contributed by atoms with van der Waals surface area (Å²) in [5, 5.41) is 4.74. The van der Waals surface area contributed by atoms with E-state index in [-0.39, 0.29) is 0 Å². The first-order chi connectivity index (χ1) is 12.3. The van der Waals surface area contributed by atoms with Gasteiger partial charge >= 0.3 is 0 Å². The Morgan fingerprint density at radius 2 is 1.96 bits per heavy atom. The molecule has 0 N–H and O–H groups in total. The molecule has 5 rings (SSSR count). The largest absolute Gasteiger partial charge is 0.492 e. The minimum Gasteiger partial charge on any atom is -0.492 e. The van der Waals surface area contributed by atoms with Crippen LogP contribution in [0, 0.1) is 4.77 Å². The maximum Gasteiger partial charge on any atom is 0.216 e. The third kappa shape index (κ3) is 2.55. The minimum atomic E-state index is 0.666. The van der Waals surface area contributed by atoms with Gasteiger partial charge in [-0.15, -0.1) is 5.10 Å². The number of benzene rings is 2. The predicted octanol–water partition coefficient (Wildman–Crippen LogP) is 3.93. The lowest BCUT2D eigenvalue weighted by molar-refractivity contribution is 0.177. The summed E-state index contributed by atoms with van der Waals surface area (Å²) in [6.45, 7) is 3.03. The van der Waals surface area contributed by atoms with Gasteiger partial charge in [0, 0.05) is 18.7 Å².